The second-order valence-corrected chi connectivity index (χ2v) is 5.74. The fourth-order valence-electron chi connectivity index (χ4n) is 1.88. The quantitative estimate of drug-likeness (QED) is 0.904. The molecule has 0 aliphatic carbocycles. The van der Waals surface area contributed by atoms with Crippen LogP contribution in [0, 0.1) is 0 Å². The number of nitrogens with one attached hydrogen (secondary N) is 2. The van der Waals surface area contributed by atoms with Crippen LogP contribution < -0.4 is 5.32 Å². The Morgan fingerprint density at radius 3 is 2.80 bits per heavy atom. The Hall–Kier alpha value is -2.04. The summed E-state index contributed by atoms with van der Waals surface area (Å²) in [6, 6.07) is 5.91. The Morgan fingerprint density at radius 1 is 1.40 bits per heavy atom. The summed E-state index contributed by atoms with van der Waals surface area (Å²) >= 11 is 0. The summed E-state index contributed by atoms with van der Waals surface area (Å²) in [5.74, 6) is 0.970. The van der Waals surface area contributed by atoms with Crippen LogP contribution in [0.5, 0.6) is 0 Å². The van der Waals surface area contributed by atoms with E-state index in [1.54, 1.807) is 0 Å². The summed E-state index contributed by atoms with van der Waals surface area (Å²) in [4.78, 5) is 19.3. The minimum Gasteiger partial charge on any atom is -0.444 e. The molecular formula is C15H21N3O2. The highest BCUT2D eigenvalue weighted by atomic mass is 16.6. The minimum atomic E-state index is -0.479. The van der Waals surface area contributed by atoms with E-state index in [1.165, 1.54) is 0 Å². The molecule has 2 aromatic rings. The summed E-state index contributed by atoms with van der Waals surface area (Å²) < 4.78 is 5.20. The van der Waals surface area contributed by atoms with Crippen LogP contribution in [-0.2, 0) is 17.7 Å². The van der Waals surface area contributed by atoms with Crippen molar-refractivity contribution in [3.05, 3.63) is 29.6 Å². The second kappa shape index (κ2) is 5.53. The Balaban J connectivity index is 2.01. The molecule has 5 nitrogen and oxygen atoms in total. The van der Waals surface area contributed by atoms with E-state index in [2.05, 4.69) is 22.2 Å². The number of aromatic nitrogens is 2. The van der Waals surface area contributed by atoms with Gasteiger partial charge in [-0.25, -0.2) is 9.78 Å². The van der Waals surface area contributed by atoms with E-state index >= 15 is 0 Å². The van der Waals surface area contributed by atoms with Gasteiger partial charge in [0.05, 0.1) is 11.0 Å². The third-order valence-electron chi connectivity index (χ3n) is 2.77. The average Bonchev–Trinajstić information content (AvgIpc) is 2.76. The molecule has 20 heavy (non-hydrogen) atoms. The van der Waals surface area contributed by atoms with Gasteiger partial charge in [0.1, 0.15) is 11.4 Å². The fraction of sp³-hybridized carbons (Fsp3) is 0.467. The second-order valence-electron chi connectivity index (χ2n) is 5.74. The van der Waals surface area contributed by atoms with Crippen LogP contribution in [-0.4, -0.2) is 21.7 Å². The number of rotatable bonds is 3. The Bertz CT molecular complexity index is 611. The van der Waals surface area contributed by atoms with Crippen molar-refractivity contribution < 1.29 is 9.53 Å². The normalized spacial score (nSPS) is 11.6. The SMILES string of the molecule is CCc1nc2ccc(CNC(=O)OC(C)(C)C)cc2[nH]1. The fourth-order valence-corrected chi connectivity index (χ4v) is 1.88. The summed E-state index contributed by atoms with van der Waals surface area (Å²) in [5, 5.41) is 2.75. The molecule has 0 radical (unpaired) electrons. The lowest BCUT2D eigenvalue weighted by Crippen LogP contribution is -2.32. The molecule has 0 saturated carbocycles. The molecule has 0 bridgehead atoms. The highest BCUT2D eigenvalue weighted by Crippen LogP contribution is 2.14. The van der Waals surface area contributed by atoms with Gasteiger partial charge in [-0.2, -0.15) is 0 Å². The van der Waals surface area contributed by atoms with Gasteiger partial charge in [-0.1, -0.05) is 13.0 Å². The monoisotopic (exact) mass is 275 g/mol. The van der Waals surface area contributed by atoms with Crippen LogP contribution in [0.2, 0.25) is 0 Å². The van der Waals surface area contributed by atoms with Crippen LogP contribution >= 0.6 is 0 Å². The molecule has 0 fully saturated rings. The van der Waals surface area contributed by atoms with Gasteiger partial charge in [-0.3, -0.25) is 0 Å². The number of fused-ring (bicyclic) bond motifs is 1. The van der Waals surface area contributed by atoms with E-state index in [1.807, 2.05) is 39.0 Å². The maximum Gasteiger partial charge on any atom is 0.407 e. The first-order valence-electron chi connectivity index (χ1n) is 6.82. The number of imidazole rings is 1. The van der Waals surface area contributed by atoms with E-state index in [0.29, 0.717) is 6.54 Å². The third kappa shape index (κ3) is 3.73. The molecule has 0 aliphatic rings. The molecular weight excluding hydrogens is 254 g/mol. The van der Waals surface area contributed by atoms with Gasteiger partial charge in [-0.15, -0.1) is 0 Å². The average molecular weight is 275 g/mol. The van der Waals surface area contributed by atoms with E-state index < -0.39 is 11.7 Å². The Kier molecular flexibility index (Phi) is 3.97. The van der Waals surface area contributed by atoms with Crippen molar-refractivity contribution in [2.75, 3.05) is 0 Å². The van der Waals surface area contributed by atoms with Gasteiger partial charge < -0.3 is 15.0 Å². The summed E-state index contributed by atoms with van der Waals surface area (Å²) in [5.41, 5.74) is 2.47. The first-order chi connectivity index (χ1) is 9.37. The first-order valence-corrected chi connectivity index (χ1v) is 6.82. The molecule has 0 aliphatic heterocycles. The Labute approximate surface area is 118 Å². The van der Waals surface area contributed by atoms with Gasteiger partial charge in [0, 0.05) is 13.0 Å². The lowest BCUT2D eigenvalue weighted by molar-refractivity contribution is 0.0523. The highest BCUT2D eigenvalue weighted by Gasteiger charge is 2.15. The van der Waals surface area contributed by atoms with Crippen LogP contribution in [0.15, 0.2) is 18.2 Å². The molecule has 2 rings (SSSR count). The molecule has 1 heterocycles. The van der Waals surface area contributed by atoms with Crippen molar-refractivity contribution in [2.45, 2.75) is 46.3 Å². The predicted octanol–water partition coefficient (Wildman–Crippen LogP) is 3.15. The zero-order valence-corrected chi connectivity index (χ0v) is 12.4. The van der Waals surface area contributed by atoms with Crippen LogP contribution in [0.25, 0.3) is 11.0 Å². The van der Waals surface area contributed by atoms with Crippen LogP contribution in [0.3, 0.4) is 0 Å². The van der Waals surface area contributed by atoms with Crippen molar-refractivity contribution in [3.63, 3.8) is 0 Å². The van der Waals surface area contributed by atoms with Gasteiger partial charge in [0.15, 0.2) is 0 Å². The number of carbonyl (C=O) groups excluding carboxylic acids is 1. The number of hydrogen-bond donors (Lipinski definition) is 2. The highest BCUT2D eigenvalue weighted by molar-refractivity contribution is 5.76. The van der Waals surface area contributed by atoms with Crippen molar-refractivity contribution in [1.82, 2.24) is 15.3 Å². The van der Waals surface area contributed by atoms with Gasteiger partial charge in [0.25, 0.3) is 0 Å². The van der Waals surface area contributed by atoms with Gasteiger partial charge in [0.2, 0.25) is 0 Å². The smallest absolute Gasteiger partial charge is 0.407 e. The Morgan fingerprint density at radius 2 is 2.15 bits per heavy atom. The lowest BCUT2D eigenvalue weighted by Gasteiger charge is -2.19. The zero-order chi connectivity index (χ0) is 14.8. The lowest BCUT2D eigenvalue weighted by atomic mass is 10.2. The van der Waals surface area contributed by atoms with E-state index in [9.17, 15) is 4.79 Å². The first kappa shape index (κ1) is 14.4. The van der Waals surface area contributed by atoms with Crippen LogP contribution in [0.1, 0.15) is 39.1 Å². The van der Waals surface area contributed by atoms with Crippen molar-refractivity contribution in [3.8, 4) is 0 Å². The number of hydrogen-bond acceptors (Lipinski definition) is 3. The molecule has 108 valence electrons. The van der Waals surface area contributed by atoms with E-state index in [4.69, 9.17) is 4.74 Å². The largest absolute Gasteiger partial charge is 0.444 e. The zero-order valence-electron chi connectivity index (χ0n) is 12.4. The topological polar surface area (TPSA) is 67.0 Å². The maximum atomic E-state index is 11.6. The predicted molar refractivity (Wildman–Crippen MR) is 78.5 cm³/mol. The van der Waals surface area contributed by atoms with E-state index in [0.717, 1.165) is 28.8 Å². The minimum absolute atomic E-state index is 0.406. The number of ether oxygens (including phenoxy) is 1. The summed E-state index contributed by atoms with van der Waals surface area (Å²) in [6.07, 6.45) is 0.469. The molecule has 0 saturated heterocycles. The van der Waals surface area contributed by atoms with Crippen molar-refractivity contribution in [1.29, 1.82) is 0 Å². The van der Waals surface area contributed by atoms with Gasteiger partial charge >= 0.3 is 6.09 Å². The molecule has 2 N–H and O–H groups in total. The number of benzene rings is 1. The van der Waals surface area contributed by atoms with E-state index in [-0.39, 0.29) is 0 Å². The molecule has 1 amide bonds. The van der Waals surface area contributed by atoms with Crippen molar-refractivity contribution >= 4 is 17.1 Å². The maximum absolute atomic E-state index is 11.6. The molecule has 0 atom stereocenters. The third-order valence-corrected chi connectivity index (χ3v) is 2.77. The number of alkyl carbamates (subject to hydrolysis) is 1. The number of amides is 1. The molecule has 0 spiro atoms. The number of carbonyl (C=O) groups is 1. The molecule has 1 aromatic heterocycles. The summed E-state index contributed by atoms with van der Waals surface area (Å²) in [7, 11) is 0. The standard InChI is InChI=1S/C15H21N3O2/c1-5-13-17-11-7-6-10(8-12(11)18-13)9-16-14(19)20-15(2,3)4/h6-8H,5,9H2,1-4H3,(H,16,19)(H,17,18). The molecule has 1 aromatic carbocycles. The number of aromatic amines is 1. The number of H-pyrrole nitrogens is 1. The summed E-state index contributed by atoms with van der Waals surface area (Å²) in [6.45, 7) is 8.02. The number of nitrogens with zero attached hydrogens (tertiary/aromatic N) is 1. The molecule has 0 unspecified atom stereocenters. The van der Waals surface area contributed by atoms with Gasteiger partial charge in [-0.05, 0) is 38.5 Å². The van der Waals surface area contributed by atoms with Crippen molar-refractivity contribution in [2.24, 2.45) is 0 Å². The molecule has 5 heteroatoms. The number of aryl methyl sites for hydroxylation is 1. The van der Waals surface area contributed by atoms with Crippen LogP contribution in [0.4, 0.5) is 4.79 Å².